The monoisotopic (exact) mass is 340 g/mol. The van der Waals surface area contributed by atoms with Crippen LogP contribution in [0.1, 0.15) is 38.2 Å². The smallest absolute Gasteiger partial charge is 0.223 e. The van der Waals surface area contributed by atoms with Crippen LogP contribution in [0.3, 0.4) is 0 Å². The van der Waals surface area contributed by atoms with Crippen LogP contribution in [-0.4, -0.2) is 31.6 Å². The molecule has 130 valence electrons. The molecule has 2 rings (SSSR count). The molecule has 0 unspecified atom stereocenters. The minimum absolute atomic E-state index is 0. The molecule has 23 heavy (non-hydrogen) atoms. The summed E-state index contributed by atoms with van der Waals surface area (Å²) in [7, 11) is 0. The lowest BCUT2D eigenvalue weighted by molar-refractivity contribution is -0.126. The highest BCUT2D eigenvalue weighted by Gasteiger charge is 2.23. The van der Waals surface area contributed by atoms with Gasteiger partial charge in [0, 0.05) is 25.1 Å². The average Bonchev–Trinajstić information content (AvgIpc) is 2.54. The van der Waals surface area contributed by atoms with Crippen LogP contribution in [0.4, 0.5) is 0 Å². The van der Waals surface area contributed by atoms with E-state index in [1.807, 2.05) is 18.2 Å². The van der Waals surface area contributed by atoms with Crippen LogP contribution in [0, 0.1) is 5.92 Å². The van der Waals surface area contributed by atoms with Gasteiger partial charge >= 0.3 is 0 Å². The number of hydrogen-bond acceptors (Lipinski definition) is 3. The van der Waals surface area contributed by atoms with Crippen molar-refractivity contribution in [3.63, 3.8) is 0 Å². The van der Waals surface area contributed by atoms with Crippen molar-refractivity contribution in [3.8, 4) is 0 Å². The molecule has 0 saturated carbocycles. The van der Waals surface area contributed by atoms with Crippen LogP contribution in [0.25, 0.3) is 0 Å². The van der Waals surface area contributed by atoms with E-state index in [0.717, 1.165) is 45.4 Å². The third-order valence-electron chi connectivity index (χ3n) is 4.12. The van der Waals surface area contributed by atoms with Gasteiger partial charge in [-0.1, -0.05) is 30.3 Å². The zero-order valence-electron chi connectivity index (χ0n) is 13.9. The molecule has 1 heterocycles. The molecule has 0 spiro atoms. The van der Waals surface area contributed by atoms with E-state index in [9.17, 15) is 4.79 Å². The first-order valence-corrected chi connectivity index (χ1v) is 8.38. The van der Waals surface area contributed by atoms with Crippen molar-refractivity contribution < 1.29 is 9.53 Å². The molecule has 2 atom stereocenters. The molecule has 1 aliphatic heterocycles. The van der Waals surface area contributed by atoms with E-state index >= 15 is 0 Å². The molecule has 0 aliphatic carbocycles. The van der Waals surface area contributed by atoms with Crippen molar-refractivity contribution in [2.75, 3.05) is 19.7 Å². The van der Waals surface area contributed by atoms with Gasteiger partial charge in [0.15, 0.2) is 0 Å². The SMILES string of the molecule is C[C@H]1C[C@@H](C(=O)NCCCCOCc2ccccc2)CCN1.Cl. The standard InChI is InChI=1S/C18H28N2O2.ClH/c1-15-13-17(9-11-19-15)18(21)20-10-5-6-12-22-14-16-7-3-2-4-8-16;/h2-4,7-8,15,17,19H,5-6,9-14H2,1H3,(H,20,21);1H/t15-,17-;/m0./s1. The van der Waals surface area contributed by atoms with Crippen LogP contribution in [0.2, 0.25) is 0 Å². The second-order valence-electron chi connectivity index (χ2n) is 6.11. The van der Waals surface area contributed by atoms with Crippen LogP contribution in [-0.2, 0) is 16.1 Å². The van der Waals surface area contributed by atoms with Crippen molar-refractivity contribution in [3.05, 3.63) is 35.9 Å². The normalized spacial score (nSPS) is 20.6. The molecule has 4 nitrogen and oxygen atoms in total. The summed E-state index contributed by atoms with van der Waals surface area (Å²) in [5, 5.41) is 6.43. The lowest BCUT2D eigenvalue weighted by Gasteiger charge is -2.27. The lowest BCUT2D eigenvalue weighted by Crippen LogP contribution is -2.42. The minimum atomic E-state index is 0. The van der Waals surface area contributed by atoms with E-state index in [0.29, 0.717) is 12.6 Å². The molecule has 1 amide bonds. The van der Waals surface area contributed by atoms with Crippen LogP contribution in [0.15, 0.2) is 30.3 Å². The molecular weight excluding hydrogens is 312 g/mol. The van der Waals surface area contributed by atoms with Crippen LogP contribution < -0.4 is 10.6 Å². The summed E-state index contributed by atoms with van der Waals surface area (Å²) in [5.74, 6) is 0.407. The molecular formula is C18H29ClN2O2. The molecule has 0 radical (unpaired) electrons. The number of unbranched alkanes of at least 4 members (excludes halogenated alkanes) is 1. The quantitative estimate of drug-likeness (QED) is 0.715. The number of hydrogen-bond donors (Lipinski definition) is 2. The fourth-order valence-electron chi connectivity index (χ4n) is 2.82. The van der Waals surface area contributed by atoms with Gasteiger partial charge in [0.1, 0.15) is 0 Å². The van der Waals surface area contributed by atoms with Crippen molar-refractivity contribution in [1.29, 1.82) is 0 Å². The number of carbonyl (C=O) groups is 1. The number of carbonyl (C=O) groups excluding carboxylic acids is 1. The number of halogens is 1. The summed E-state index contributed by atoms with van der Waals surface area (Å²) >= 11 is 0. The largest absolute Gasteiger partial charge is 0.377 e. The second kappa shape index (κ2) is 11.4. The van der Waals surface area contributed by atoms with E-state index < -0.39 is 0 Å². The summed E-state index contributed by atoms with van der Waals surface area (Å²) in [4.78, 5) is 12.0. The molecule has 0 aromatic heterocycles. The first kappa shape index (κ1) is 19.9. The van der Waals surface area contributed by atoms with Gasteiger partial charge in [0.25, 0.3) is 0 Å². The van der Waals surface area contributed by atoms with Crippen molar-refractivity contribution in [2.45, 2.75) is 45.3 Å². The Kier molecular flexibility index (Phi) is 9.92. The van der Waals surface area contributed by atoms with Crippen molar-refractivity contribution >= 4 is 18.3 Å². The summed E-state index contributed by atoms with van der Waals surface area (Å²) in [6.45, 7) is 5.26. The average molecular weight is 341 g/mol. The Balaban J connectivity index is 0.00000264. The zero-order chi connectivity index (χ0) is 15.6. The third kappa shape index (κ3) is 7.82. The Labute approximate surface area is 145 Å². The van der Waals surface area contributed by atoms with Gasteiger partial charge in [0.2, 0.25) is 5.91 Å². The summed E-state index contributed by atoms with van der Waals surface area (Å²) in [6, 6.07) is 10.7. The number of amides is 1. The maximum absolute atomic E-state index is 12.0. The van der Waals surface area contributed by atoms with E-state index in [4.69, 9.17) is 4.74 Å². The fraction of sp³-hybridized carbons (Fsp3) is 0.611. The fourth-order valence-corrected chi connectivity index (χ4v) is 2.82. The highest BCUT2D eigenvalue weighted by molar-refractivity contribution is 5.85. The molecule has 1 aromatic rings. The third-order valence-corrected chi connectivity index (χ3v) is 4.12. The molecule has 1 fully saturated rings. The van der Waals surface area contributed by atoms with Gasteiger partial charge in [-0.2, -0.15) is 0 Å². The van der Waals surface area contributed by atoms with Crippen LogP contribution in [0.5, 0.6) is 0 Å². The van der Waals surface area contributed by atoms with Gasteiger partial charge in [-0.15, -0.1) is 12.4 Å². The van der Waals surface area contributed by atoms with Gasteiger partial charge in [-0.25, -0.2) is 0 Å². The topological polar surface area (TPSA) is 50.4 Å². The number of rotatable bonds is 8. The van der Waals surface area contributed by atoms with Crippen molar-refractivity contribution in [2.24, 2.45) is 5.92 Å². The molecule has 1 aromatic carbocycles. The Morgan fingerprint density at radius 3 is 2.83 bits per heavy atom. The van der Waals surface area contributed by atoms with E-state index in [2.05, 4.69) is 29.7 Å². The van der Waals surface area contributed by atoms with Gasteiger partial charge in [0.05, 0.1) is 6.61 Å². The Morgan fingerprint density at radius 1 is 1.30 bits per heavy atom. The Morgan fingerprint density at radius 2 is 2.09 bits per heavy atom. The highest BCUT2D eigenvalue weighted by Crippen LogP contribution is 2.15. The molecule has 1 aliphatic rings. The van der Waals surface area contributed by atoms with E-state index in [1.54, 1.807) is 0 Å². The Hall–Kier alpha value is -1.10. The van der Waals surface area contributed by atoms with Gasteiger partial charge in [-0.05, 0) is 44.7 Å². The molecule has 1 saturated heterocycles. The van der Waals surface area contributed by atoms with E-state index in [-0.39, 0.29) is 24.2 Å². The minimum Gasteiger partial charge on any atom is -0.377 e. The second-order valence-corrected chi connectivity index (χ2v) is 6.11. The first-order valence-electron chi connectivity index (χ1n) is 8.38. The molecule has 0 bridgehead atoms. The predicted molar refractivity (Wildman–Crippen MR) is 95.8 cm³/mol. The number of piperidine rings is 1. The maximum Gasteiger partial charge on any atom is 0.223 e. The first-order chi connectivity index (χ1) is 10.8. The van der Waals surface area contributed by atoms with Crippen molar-refractivity contribution in [1.82, 2.24) is 10.6 Å². The molecule has 5 heteroatoms. The Bertz CT molecular complexity index is 442. The summed E-state index contributed by atoms with van der Waals surface area (Å²) in [6.07, 6.45) is 3.86. The number of nitrogens with one attached hydrogen (secondary N) is 2. The van der Waals surface area contributed by atoms with E-state index in [1.165, 1.54) is 5.56 Å². The number of benzene rings is 1. The maximum atomic E-state index is 12.0. The van der Waals surface area contributed by atoms with Crippen LogP contribution >= 0.6 is 12.4 Å². The predicted octanol–water partition coefficient (Wildman–Crippen LogP) is 2.91. The summed E-state index contributed by atoms with van der Waals surface area (Å²) in [5.41, 5.74) is 1.20. The lowest BCUT2D eigenvalue weighted by atomic mass is 9.92. The van der Waals surface area contributed by atoms with Gasteiger partial charge in [-0.3, -0.25) is 4.79 Å². The highest BCUT2D eigenvalue weighted by atomic mass is 35.5. The number of ether oxygens (including phenoxy) is 1. The van der Waals surface area contributed by atoms with Gasteiger partial charge < -0.3 is 15.4 Å². The summed E-state index contributed by atoms with van der Waals surface area (Å²) < 4.78 is 5.64. The zero-order valence-corrected chi connectivity index (χ0v) is 14.7. The molecule has 2 N–H and O–H groups in total.